The van der Waals surface area contributed by atoms with Gasteiger partial charge >= 0.3 is 5.97 Å². The number of rotatable bonds is 4. The van der Waals surface area contributed by atoms with Gasteiger partial charge in [-0.25, -0.2) is 9.97 Å². The maximum atomic E-state index is 10.5. The third-order valence-corrected chi connectivity index (χ3v) is 3.84. The molecule has 90 valence electrons. The summed E-state index contributed by atoms with van der Waals surface area (Å²) < 4.78 is 0.717. The summed E-state index contributed by atoms with van der Waals surface area (Å²) in [6.45, 7) is 0. The van der Waals surface area contributed by atoms with Crippen molar-refractivity contribution in [3.05, 3.63) is 35.0 Å². The normalized spacial score (nSPS) is 9.94. The van der Waals surface area contributed by atoms with E-state index in [9.17, 15) is 4.79 Å². The third-order valence-electron chi connectivity index (χ3n) is 1.92. The molecule has 0 bridgehead atoms. The molecule has 0 atom stereocenters. The second kappa shape index (κ2) is 5.62. The van der Waals surface area contributed by atoms with Crippen LogP contribution in [0.4, 0.5) is 0 Å². The molecule has 2 rings (SSSR count). The highest BCUT2D eigenvalue weighted by Crippen LogP contribution is 2.29. The van der Waals surface area contributed by atoms with Gasteiger partial charge in [0.25, 0.3) is 0 Å². The van der Waals surface area contributed by atoms with E-state index in [1.54, 1.807) is 23.7 Å². The first-order valence-corrected chi connectivity index (χ1v) is 6.57. The van der Waals surface area contributed by atoms with E-state index in [1.165, 1.54) is 23.1 Å². The molecule has 0 saturated heterocycles. The Hall–Kier alpha value is -1.91. The predicted octanol–water partition coefficient (Wildman–Crippen LogP) is 2.19. The summed E-state index contributed by atoms with van der Waals surface area (Å²) in [7, 11) is 0. The fourth-order valence-corrected chi connectivity index (χ4v) is 2.97. The van der Waals surface area contributed by atoms with Crippen molar-refractivity contribution >= 4 is 29.1 Å². The van der Waals surface area contributed by atoms with E-state index >= 15 is 0 Å². The van der Waals surface area contributed by atoms with Crippen LogP contribution < -0.4 is 0 Å². The lowest BCUT2D eigenvalue weighted by atomic mass is 10.3. The average molecular weight is 277 g/mol. The molecule has 0 radical (unpaired) electrons. The van der Waals surface area contributed by atoms with Crippen LogP contribution in [0.3, 0.4) is 0 Å². The first-order valence-electron chi connectivity index (χ1n) is 4.87. The van der Waals surface area contributed by atoms with Gasteiger partial charge in [0.2, 0.25) is 0 Å². The lowest BCUT2D eigenvalue weighted by molar-refractivity contribution is -0.136. The van der Waals surface area contributed by atoms with Gasteiger partial charge in [-0.05, 0) is 23.9 Å². The molecular weight excluding hydrogens is 270 g/mol. The zero-order valence-corrected chi connectivity index (χ0v) is 10.7. The monoisotopic (exact) mass is 277 g/mol. The Morgan fingerprint density at radius 3 is 3.17 bits per heavy atom. The van der Waals surface area contributed by atoms with Crippen LogP contribution in [0.5, 0.6) is 0 Å². The maximum absolute atomic E-state index is 10.5. The summed E-state index contributed by atoms with van der Waals surface area (Å²) in [5, 5.41) is 19.8. The van der Waals surface area contributed by atoms with Gasteiger partial charge in [-0.3, -0.25) is 4.79 Å². The molecule has 0 aromatic carbocycles. The van der Waals surface area contributed by atoms with E-state index in [1.807, 2.05) is 6.07 Å². The van der Waals surface area contributed by atoms with Crippen LogP contribution in [0.1, 0.15) is 11.3 Å². The molecule has 2 heterocycles. The number of carboxylic acid groups (broad SMARTS) is 1. The Morgan fingerprint density at radius 2 is 2.44 bits per heavy atom. The summed E-state index contributed by atoms with van der Waals surface area (Å²) >= 11 is 2.68. The fraction of sp³-hybridized carbons (Fsp3) is 0.0909. The highest BCUT2D eigenvalue weighted by Gasteiger charge is 2.08. The van der Waals surface area contributed by atoms with Crippen molar-refractivity contribution in [3.8, 4) is 6.07 Å². The van der Waals surface area contributed by atoms with Gasteiger partial charge in [-0.1, -0.05) is 0 Å². The van der Waals surface area contributed by atoms with Gasteiger partial charge in [-0.2, -0.15) is 5.26 Å². The standard InChI is InChI=1S/C11H7N3O2S2/c12-5-7-1-2-13-9(3-7)18-11-14-8(6-17-11)4-10(15)16/h1-3,6H,4H2,(H,15,16). The Labute approximate surface area is 111 Å². The molecule has 0 spiro atoms. The van der Waals surface area contributed by atoms with Crippen molar-refractivity contribution in [2.24, 2.45) is 0 Å². The molecule has 0 saturated carbocycles. The fourth-order valence-electron chi connectivity index (χ4n) is 1.20. The lowest BCUT2D eigenvalue weighted by Gasteiger charge is -1.96. The van der Waals surface area contributed by atoms with Gasteiger partial charge in [0, 0.05) is 11.6 Å². The molecule has 0 unspecified atom stereocenters. The van der Waals surface area contributed by atoms with Crippen molar-refractivity contribution in [3.63, 3.8) is 0 Å². The third kappa shape index (κ3) is 3.29. The number of thiazole rings is 1. The molecule has 0 fully saturated rings. The van der Waals surface area contributed by atoms with Crippen LogP contribution >= 0.6 is 23.1 Å². The zero-order valence-electron chi connectivity index (χ0n) is 9.03. The first kappa shape index (κ1) is 12.5. The number of carboxylic acids is 1. The van der Waals surface area contributed by atoms with Crippen molar-refractivity contribution in [2.45, 2.75) is 15.8 Å². The smallest absolute Gasteiger partial charge is 0.309 e. The minimum Gasteiger partial charge on any atom is -0.481 e. The summed E-state index contributed by atoms with van der Waals surface area (Å²) in [6, 6.07) is 5.33. The van der Waals surface area contributed by atoms with Gasteiger partial charge in [0.15, 0.2) is 4.34 Å². The second-order valence-corrected chi connectivity index (χ2v) is 5.40. The molecule has 0 aliphatic heterocycles. The Balaban J connectivity index is 2.11. The van der Waals surface area contributed by atoms with E-state index in [-0.39, 0.29) is 6.42 Å². The number of hydrogen-bond acceptors (Lipinski definition) is 6. The summed E-state index contributed by atoms with van der Waals surface area (Å²) in [4.78, 5) is 18.8. The van der Waals surface area contributed by atoms with E-state index in [0.717, 1.165) is 0 Å². The van der Waals surface area contributed by atoms with E-state index < -0.39 is 5.97 Å². The minimum absolute atomic E-state index is 0.0806. The number of aliphatic carboxylic acids is 1. The van der Waals surface area contributed by atoms with Crippen LogP contribution in [-0.4, -0.2) is 21.0 Å². The van der Waals surface area contributed by atoms with Crippen molar-refractivity contribution in [1.82, 2.24) is 9.97 Å². The van der Waals surface area contributed by atoms with Gasteiger partial charge < -0.3 is 5.11 Å². The predicted molar refractivity (Wildman–Crippen MR) is 66.5 cm³/mol. The van der Waals surface area contributed by atoms with E-state index in [0.29, 0.717) is 20.6 Å². The topological polar surface area (TPSA) is 86.9 Å². The molecule has 0 aliphatic rings. The molecule has 2 aromatic rings. The quantitative estimate of drug-likeness (QED) is 0.921. The van der Waals surface area contributed by atoms with Gasteiger partial charge in [-0.15, -0.1) is 11.3 Å². The van der Waals surface area contributed by atoms with Crippen LogP contribution in [-0.2, 0) is 11.2 Å². The van der Waals surface area contributed by atoms with Crippen LogP contribution in [0, 0.1) is 11.3 Å². The van der Waals surface area contributed by atoms with Gasteiger partial charge in [0.05, 0.1) is 23.7 Å². The molecule has 0 aliphatic carbocycles. The molecule has 2 aromatic heterocycles. The minimum atomic E-state index is -0.901. The SMILES string of the molecule is N#Cc1ccnc(Sc2nc(CC(=O)O)cs2)c1. The number of hydrogen-bond donors (Lipinski definition) is 1. The van der Waals surface area contributed by atoms with E-state index in [2.05, 4.69) is 9.97 Å². The highest BCUT2D eigenvalue weighted by molar-refractivity contribution is 8.01. The number of nitrogens with zero attached hydrogens (tertiary/aromatic N) is 3. The maximum Gasteiger partial charge on any atom is 0.309 e. The van der Waals surface area contributed by atoms with Gasteiger partial charge in [0.1, 0.15) is 5.03 Å². The largest absolute Gasteiger partial charge is 0.481 e. The van der Waals surface area contributed by atoms with Crippen molar-refractivity contribution in [1.29, 1.82) is 5.26 Å². The number of pyridine rings is 1. The van der Waals surface area contributed by atoms with Crippen molar-refractivity contribution < 1.29 is 9.90 Å². The Morgan fingerprint density at radius 1 is 1.61 bits per heavy atom. The summed E-state index contributed by atoms with van der Waals surface area (Å²) in [6.07, 6.45) is 1.48. The van der Waals surface area contributed by atoms with Crippen LogP contribution in [0.2, 0.25) is 0 Å². The summed E-state index contributed by atoms with van der Waals surface area (Å²) in [5.41, 5.74) is 1.07. The molecule has 7 heteroatoms. The number of carbonyl (C=O) groups is 1. The lowest BCUT2D eigenvalue weighted by Crippen LogP contribution is -1.99. The molecule has 0 amide bonds. The number of aromatic nitrogens is 2. The molecular formula is C11H7N3O2S2. The average Bonchev–Trinajstić information content (AvgIpc) is 2.76. The summed E-state index contributed by atoms with van der Waals surface area (Å²) in [5.74, 6) is -0.901. The number of nitriles is 1. The van der Waals surface area contributed by atoms with Crippen molar-refractivity contribution in [2.75, 3.05) is 0 Å². The van der Waals surface area contributed by atoms with Crippen LogP contribution in [0.15, 0.2) is 33.1 Å². The van der Waals surface area contributed by atoms with E-state index in [4.69, 9.17) is 10.4 Å². The first-order chi connectivity index (χ1) is 8.67. The molecule has 5 nitrogen and oxygen atoms in total. The second-order valence-electron chi connectivity index (χ2n) is 3.27. The Kier molecular flexibility index (Phi) is 3.92. The highest BCUT2D eigenvalue weighted by atomic mass is 32.2. The Bertz CT molecular complexity index is 619. The van der Waals surface area contributed by atoms with Crippen LogP contribution in [0.25, 0.3) is 0 Å². The zero-order chi connectivity index (χ0) is 13.0. The molecule has 18 heavy (non-hydrogen) atoms. The molecule has 1 N–H and O–H groups in total.